The Balaban J connectivity index is 3.34. The van der Waals surface area contributed by atoms with Crippen molar-refractivity contribution in [2.75, 3.05) is 4.90 Å². The van der Waals surface area contributed by atoms with Crippen LogP contribution in [0, 0.1) is 0 Å². The number of nitrogens with zero attached hydrogens (tertiary/aromatic N) is 2. The van der Waals surface area contributed by atoms with Crippen LogP contribution in [-0.2, 0) is 19.2 Å². The van der Waals surface area contributed by atoms with E-state index in [2.05, 4.69) is 5.10 Å². The molecule has 0 saturated carbocycles. The summed E-state index contributed by atoms with van der Waals surface area (Å²) in [4.78, 5) is 46.4. The molecule has 1 aromatic carbocycles. The smallest absolute Gasteiger partial charge is 0.327 e. The van der Waals surface area contributed by atoms with E-state index in [0.717, 1.165) is 4.90 Å². The van der Waals surface area contributed by atoms with Gasteiger partial charge in [-0.05, 0) is 17.7 Å². The van der Waals surface area contributed by atoms with E-state index in [0.29, 0.717) is 11.8 Å². The maximum atomic E-state index is 12.5. The van der Waals surface area contributed by atoms with Gasteiger partial charge in [-0.15, -0.1) is 0 Å². The number of carbonyl (C=O) groups is 4. The fourth-order valence-electron chi connectivity index (χ4n) is 2.11. The van der Waals surface area contributed by atoms with Crippen molar-refractivity contribution in [3.63, 3.8) is 0 Å². The van der Waals surface area contributed by atoms with E-state index in [1.807, 2.05) is 0 Å². The predicted molar refractivity (Wildman–Crippen MR) is 88.0 cm³/mol. The Bertz CT molecular complexity index is 673. The SMILES string of the molecule is NN=Cc1ccc(N(C(=O)C(N)CC=O)C(CC(=O)O)C(=O)O)cc1. The molecule has 0 heterocycles. The quantitative estimate of drug-likeness (QED) is 0.193. The summed E-state index contributed by atoms with van der Waals surface area (Å²) in [7, 11) is 0. The number of amides is 1. The molecule has 0 radical (unpaired) electrons. The van der Waals surface area contributed by atoms with Crippen molar-refractivity contribution in [1.82, 2.24) is 0 Å². The van der Waals surface area contributed by atoms with Gasteiger partial charge in [0.05, 0.1) is 18.7 Å². The molecule has 134 valence electrons. The van der Waals surface area contributed by atoms with E-state index in [4.69, 9.17) is 16.7 Å². The third-order valence-electron chi connectivity index (χ3n) is 3.26. The van der Waals surface area contributed by atoms with Crippen LogP contribution in [-0.4, -0.2) is 52.6 Å². The predicted octanol–water partition coefficient (Wildman–Crippen LogP) is -0.844. The number of benzene rings is 1. The molecule has 0 aliphatic rings. The first kappa shape index (κ1) is 19.8. The molecule has 10 nitrogen and oxygen atoms in total. The zero-order chi connectivity index (χ0) is 19.0. The average molecular weight is 350 g/mol. The van der Waals surface area contributed by atoms with Crippen LogP contribution in [0.15, 0.2) is 29.4 Å². The lowest BCUT2D eigenvalue weighted by Gasteiger charge is -2.30. The summed E-state index contributed by atoms with van der Waals surface area (Å²) in [5.74, 6) is 1.25. The Kier molecular flexibility index (Phi) is 7.22. The molecule has 0 bridgehead atoms. The second kappa shape index (κ2) is 9.13. The molecule has 0 saturated heterocycles. The highest BCUT2D eigenvalue weighted by molar-refractivity contribution is 6.03. The zero-order valence-electron chi connectivity index (χ0n) is 13.1. The van der Waals surface area contributed by atoms with Crippen molar-refractivity contribution in [3.8, 4) is 0 Å². The van der Waals surface area contributed by atoms with E-state index in [1.165, 1.54) is 30.5 Å². The minimum atomic E-state index is -1.68. The van der Waals surface area contributed by atoms with E-state index in [1.54, 1.807) is 0 Å². The lowest BCUT2D eigenvalue weighted by atomic mass is 10.1. The van der Waals surface area contributed by atoms with E-state index < -0.39 is 36.4 Å². The lowest BCUT2D eigenvalue weighted by molar-refractivity contribution is -0.146. The van der Waals surface area contributed by atoms with Gasteiger partial charge in [-0.1, -0.05) is 12.1 Å². The molecule has 2 atom stereocenters. The molecule has 6 N–H and O–H groups in total. The van der Waals surface area contributed by atoms with Crippen molar-refractivity contribution in [2.24, 2.45) is 16.7 Å². The fourth-order valence-corrected chi connectivity index (χ4v) is 2.11. The van der Waals surface area contributed by atoms with E-state index in [-0.39, 0.29) is 12.1 Å². The third kappa shape index (κ3) is 5.39. The van der Waals surface area contributed by atoms with Gasteiger partial charge in [-0.2, -0.15) is 5.10 Å². The van der Waals surface area contributed by atoms with Gasteiger partial charge in [0.15, 0.2) is 0 Å². The second-order valence-electron chi connectivity index (χ2n) is 5.04. The molecular weight excluding hydrogens is 332 g/mol. The van der Waals surface area contributed by atoms with Gasteiger partial charge >= 0.3 is 11.9 Å². The van der Waals surface area contributed by atoms with E-state index >= 15 is 0 Å². The zero-order valence-corrected chi connectivity index (χ0v) is 13.1. The first-order chi connectivity index (χ1) is 11.8. The van der Waals surface area contributed by atoms with Crippen molar-refractivity contribution in [1.29, 1.82) is 0 Å². The van der Waals surface area contributed by atoms with Crippen molar-refractivity contribution in [2.45, 2.75) is 24.9 Å². The van der Waals surface area contributed by atoms with Gasteiger partial charge in [0.1, 0.15) is 12.3 Å². The molecule has 0 fully saturated rings. The fraction of sp³-hybridized carbons (Fsp3) is 0.267. The molecule has 1 amide bonds. The number of hydrogen-bond acceptors (Lipinski definition) is 7. The van der Waals surface area contributed by atoms with Gasteiger partial charge < -0.3 is 26.6 Å². The summed E-state index contributed by atoms with van der Waals surface area (Å²) in [5, 5.41) is 21.6. The highest BCUT2D eigenvalue weighted by Gasteiger charge is 2.35. The number of carbonyl (C=O) groups excluding carboxylic acids is 2. The van der Waals surface area contributed by atoms with Crippen molar-refractivity contribution in [3.05, 3.63) is 29.8 Å². The highest BCUT2D eigenvalue weighted by atomic mass is 16.4. The van der Waals surface area contributed by atoms with Gasteiger partial charge in [0.25, 0.3) is 0 Å². The van der Waals surface area contributed by atoms with Gasteiger partial charge in [0.2, 0.25) is 5.91 Å². The first-order valence-electron chi connectivity index (χ1n) is 7.12. The number of anilines is 1. The molecule has 10 heteroatoms. The normalized spacial score (nSPS) is 13.2. The molecule has 1 aromatic rings. The summed E-state index contributed by atoms with van der Waals surface area (Å²) in [5.41, 5.74) is 6.32. The number of aliphatic carboxylic acids is 2. The van der Waals surface area contributed by atoms with Crippen molar-refractivity contribution < 1.29 is 29.4 Å². The van der Waals surface area contributed by atoms with Crippen LogP contribution < -0.4 is 16.5 Å². The standard InChI is InChI=1S/C15H18N4O6/c16-11(5-6-20)14(23)19(12(15(24)25)7-13(21)22)10-3-1-9(2-4-10)8-18-17/h1-4,6,8,11-12H,5,7,16-17H2,(H,21,22)(H,24,25). The van der Waals surface area contributed by atoms with Crippen LogP contribution in [0.2, 0.25) is 0 Å². The van der Waals surface area contributed by atoms with Crippen LogP contribution in [0.25, 0.3) is 0 Å². The van der Waals surface area contributed by atoms with Crippen LogP contribution in [0.1, 0.15) is 18.4 Å². The molecule has 2 unspecified atom stereocenters. The number of carboxylic acid groups (broad SMARTS) is 2. The highest BCUT2D eigenvalue weighted by Crippen LogP contribution is 2.21. The Morgan fingerprint density at radius 1 is 1.20 bits per heavy atom. The third-order valence-corrected chi connectivity index (χ3v) is 3.26. The minimum Gasteiger partial charge on any atom is -0.481 e. The number of rotatable bonds is 9. The van der Waals surface area contributed by atoms with Gasteiger partial charge in [0, 0.05) is 12.1 Å². The molecular formula is C15H18N4O6. The minimum absolute atomic E-state index is 0.120. The Morgan fingerprint density at radius 2 is 1.80 bits per heavy atom. The summed E-state index contributed by atoms with van der Waals surface area (Å²) in [6, 6.07) is 2.85. The summed E-state index contributed by atoms with van der Waals surface area (Å²) < 4.78 is 0. The number of nitrogens with two attached hydrogens (primary N) is 2. The van der Waals surface area contributed by atoms with Crippen LogP contribution in [0.5, 0.6) is 0 Å². The largest absolute Gasteiger partial charge is 0.481 e. The summed E-state index contributed by atoms with van der Waals surface area (Å²) >= 11 is 0. The lowest BCUT2D eigenvalue weighted by Crippen LogP contribution is -2.52. The van der Waals surface area contributed by atoms with Crippen LogP contribution in [0.4, 0.5) is 5.69 Å². The number of hydrazone groups is 1. The summed E-state index contributed by atoms with van der Waals surface area (Å²) in [6.45, 7) is 0. The number of hydrogen-bond donors (Lipinski definition) is 4. The second-order valence-corrected chi connectivity index (χ2v) is 5.04. The summed E-state index contributed by atoms with van der Waals surface area (Å²) in [6.07, 6.45) is 0.599. The topological polar surface area (TPSA) is 176 Å². The Morgan fingerprint density at radius 3 is 2.24 bits per heavy atom. The molecule has 1 rings (SSSR count). The van der Waals surface area contributed by atoms with Crippen molar-refractivity contribution >= 4 is 36.0 Å². The number of carboxylic acids is 2. The monoisotopic (exact) mass is 350 g/mol. The average Bonchev–Trinajstić information content (AvgIpc) is 2.55. The molecule has 25 heavy (non-hydrogen) atoms. The maximum Gasteiger partial charge on any atom is 0.327 e. The van der Waals surface area contributed by atoms with Gasteiger partial charge in [-0.3, -0.25) is 14.5 Å². The molecule has 0 spiro atoms. The van der Waals surface area contributed by atoms with Crippen LogP contribution >= 0.6 is 0 Å². The molecule has 0 aliphatic carbocycles. The first-order valence-corrected chi connectivity index (χ1v) is 7.12. The van der Waals surface area contributed by atoms with E-state index in [9.17, 15) is 24.3 Å². The number of aldehydes is 1. The van der Waals surface area contributed by atoms with Gasteiger partial charge in [-0.25, -0.2) is 4.79 Å². The molecule has 0 aliphatic heterocycles. The van der Waals surface area contributed by atoms with Crippen LogP contribution in [0.3, 0.4) is 0 Å². The Labute approximate surface area is 142 Å². The molecule has 0 aromatic heterocycles. The Hall–Kier alpha value is -3.27. The maximum absolute atomic E-state index is 12.5.